The summed E-state index contributed by atoms with van der Waals surface area (Å²) in [6, 6.07) is 20.5. The Bertz CT molecular complexity index is 1050. The van der Waals surface area contributed by atoms with Crippen molar-refractivity contribution < 1.29 is 5.11 Å². The van der Waals surface area contributed by atoms with Crippen LogP contribution in [0.3, 0.4) is 0 Å². The number of nitrogens with zero attached hydrogens (tertiary/aromatic N) is 2. The molecule has 3 aromatic rings. The Morgan fingerprint density at radius 2 is 1.90 bits per heavy atom. The van der Waals surface area contributed by atoms with Gasteiger partial charge in [-0.1, -0.05) is 42.5 Å². The smallest absolute Gasteiger partial charge is 0.166 e. The monoisotopic (exact) mass is 385 g/mol. The lowest BCUT2D eigenvalue weighted by Crippen LogP contribution is -2.38. The Kier molecular flexibility index (Phi) is 4.50. The minimum atomic E-state index is -0.805. The molecule has 0 aliphatic carbocycles. The second-order valence-corrected chi connectivity index (χ2v) is 7.42. The molecule has 3 heterocycles. The van der Waals surface area contributed by atoms with E-state index in [1.165, 1.54) is 5.56 Å². The predicted octanol–water partition coefficient (Wildman–Crippen LogP) is 3.05. The van der Waals surface area contributed by atoms with Gasteiger partial charge in [0.15, 0.2) is 6.23 Å². The van der Waals surface area contributed by atoms with Gasteiger partial charge in [-0.3, -0.25) is 10.4 Å². The van der Waals surface area contributed by atoms with Gasteiger partial charge >= 0.3 is 0 Å². The third-order valence-corrected chi connectivity index (χ3v) is 5.62. The zero-order chi connectivity index (χ0) is 19.8. The summed E-state index contributed by atoms with van der Waals surface area (Å²) in [7, 11) is 1.95. The number of pyridine rings is 1. The number of rotatable bonds is 4. The highest BCUT2D eigenvalue weighted by molar-refractivity contribution is 6.13. The van der Waals surface area contributed by atoms with E-state index in [4.69, 9.17) is 0 Å². The first-order valence-electron chi connectivity index (χ1n) is 9.81. The highest BCUT2D eigenvalue weighted by atomic mass is 16.3. The molecule has 3 unspecified atom stereocenters. The average molecular weight is 385 g/mol. The first-order valence-corrected chi connectivity index (χ1v) is 9.81. The number of hydrazone groups is 1. The number of aliphatic hydroxyl groups excluding tert-OH is 1. The lowest BCUT2D eigenvalue weighted by atomic mass is 9.77. The largest absolute Gasteiger partial charge is 0.375 e. The Balaban J connectivity index is 1.66. The van der Waals surface area contributed by atoms with Crippen molar-refractivity contribution in [1.29, 1.82) is 0 Å². The van der Waals surface area contributed by atoms with Crippen LogP contribution in [-0.4, -0.2) is 22.8 Å². The minimum Gasteiger partial charge on any atom is -0.375 e. The SMILES string of the molecule is CNCc1ccc(C2C3=NNC(O)c4cccc(c43)NC2c2ccccn2)cc1. The van der Waals surface area contributed by atoms with Crippen molar-refractivity contribution >= 4 is 11.4 Å². The lowest BCUT2D eigenvalue weighted by Gasteiger charge is -2.39. The summed E-state index contributed by atoms with van der Waals surface area (Å²) in [6.45, 7) is 0.828. The third kappa shape index (κ3) is 3.06. The molecular formula is C23H23N5O. The van der Waals surface area contributed by atoms with E-state index in [0.29, 0.717) is 0 Å². The molecule has 0 bridgehead atoms. The maximum Gasteiger partial charge on any atom is 0.166 e. The standard InChI is InChI=1S/C23H23N5O/c1-24-13-14-8-10-15(11-9-14)19-21(18-6-2-3-12-25-18)26-17-7-4-5-16-20(17)22(19)27-28-23(16)29/h2-12,19,21,23-24,26,28-29H,13H2,1H3. The molecule has 29 heavy (non-hydrogen) atoms. The van der Waals surface area contributed by atoms with Crippen molar-refractivity contribution in [1.82, 2.24) is 15.7 Å². The van der Waals surface area contributed by atoms with Gasteiger partial charge in [-0.15, -0.1) is 0 Å². The Morgan fingerprint density at radius 1 is 1.03 bits per heavy atom. The average Bonchev–Trinajstić information content (AvgIpc) is 2.77. The molecule has 0 saturated carbocycles. The number of anilines is 1. The summed E-state index contributed by atoms with van der Waals surface area (Å²) in [5.74, 6) is -0.0396. The quantitative estimate of drug-likeness (QED) is 0.555. The van der Waals surface area contributed by atoms with Crippen LogP contribution in [-0.2, 0) is 6.54 Å². The fourth-order valence-electron chi connectivity index (χ4n) is 4.30. The number of nitrogens with one attached hydrogen (secondary N) is 3. The van der Waals surface area contributed by atoms with E-state index in [1.807, 2.05) is 49.6 Å². The van der Waals surface area contributed by atoms with Gasteiger partial charge in [-0.2, -0.15) is 5.10 Å². The number of aliphatic hydroxyl groups is 1. The van der Waals surface area contributed by atoms with Gasteiger partial charge in [0, 0.05) is 29.6 Å². The van der Waals surface area contributed by atoms with Gasteiger partial charge in [0.2, 0.25) is 0 Å². The summed E-state index contributed by atoms with van der Waals surface area (Å²) in [6.07, 6.45) is 1.02. The van der Waals surface area contributed by atoms with Gasteiger partial charge < -0.3 is 15.7 Å². The molecule has 4 N–H and O–H groups in total. The highest BCUT2D eigenvalue weighted by Gasteiger charge is 2.40. The fourth-order valence-corrected chi connectivity index (χ4v) is 4.30. The molecule has 0 amide bonds. The molecule has 1 aromatic heterocycles. The van der Waals surface area contributed by atoms with Crippen molar-refractivity contribution in [2.45, 2.75) is 24.7 Å². The normalized spacial score (nSPS) is 22.1. The molecular weight excluding hydrogens is 362 g/mol. The van der Waals surface area contributed by atoms with E-state index < -0.39 is 6.23 Å². The minimum absolute atomic E-state index is 0.0396. The summed E-state index contributed by atoms with van der Waals surface area (Å²) >= 11 is 0. The van der Waals surface area contributed by atoms with E-state index in [0.717, 1.165) is 40.3 Å². The zero-order valence-electron chi connectivity index (χ0n) is 16.1. The van der Waals surface area contributed by atoms with Crippen LogP contribution in [0.1, 0.15) is 46.1 Å². The van der Waals surface area contributed by atoms with Crippen molar-refractivity contribution in [3.8, 4) is 0 Å². The Hall–Kier alpha value is -3.22. The Labute approximate surface area is 169 Å². The van der Waals surface area contributed by atoms with Gasteiger partial charge in [0.1, 0.15) is 0 Å². The molecule has 2 aromatic carbocycles. The summed E-state index contributed by atoms with van der Waals surface area (Å²) in [5, 5.41) is 21.9. The van der Waals surface area contributed by atoms with Crippen LogP contribution in [0.25, 0.3) is 0 Å². The molecule has 6 nitrogen and oxygen atoms in total. The van der Waals surface area contributed by atoms with E-state index >= 15 is 0 Å². The van der Waals surface area contributed by atoms with Crippen molar-refractivity contribution in [2.75, 3.05) is 12.4 Å². The van der Waals surface area contributed by atoms with Crippen LogP contribution >= 0.6 is 0 Å². The van der Waals surface area contributed by atoms with Crippen LogP contribution in [0, 0.1) is 0 Å². The second-order valence-electron chi connectivity index (χ2n) is 7.42. The molecule has 5 rings (SSSR count). The van der Waals surface area contributed by atoms with Gasteiger partial charge in [0.25, 0.3) is 0 Å². The maximum absolute atomic E-state index is 10.4. The van der Waals surface area contributed by atoms with Crippen molar-refractivity contribution in [2.24, 2.45) is 5.10 Å². The number of hydrogen-bond donors (Lipinski definition) is 4. The molecule has 0 saturated heterocycles. The first-order chi connectivity index (χ1) is 14.3. The van der Waals surface area contributed by atoms with E-state index in [2.05, 4.69) is 50.4 Å². The van der Waals surface area contributed by atoms with Crippen LogP contribution < -0.4 is 16.1 Å². The van der Waals surface area contributed by atoms with Crippen LogP contribution in [0.2, 0.25) is 0 Å². The molecule has 0 radical (unpaired) electrons. The van der Waals surface area contributed by atoms with E-state index in [-0.39, 0.29) is 12.0 Å². The van der Waals surface area contributed by atoms with Crippen LogP contribution in [0.15, 0.2) is 72.0 Å². The van der Waals surface area contributed by atoms with E-state index in [9.17, 15) is 5.11 Å². The summed E-state index contributed by atoms with van der Waals surface area (Å²) < 4.78 is 0. The van der Waals surface area contributed by atoms with Crippen molar-refractivity contribution in [3.63, 3.8) is 0 Å². The lowest BCUT2D eigenvalue weighted by molar-refractivity contribution is 0.138. The van der Waals surface area contributed by atoms with Crippen LogP contribution in [0.4, 0.5) is 5.69 Å². The topological polar surface area (TPSA) is 81.6 Å². The number of hydrogen-bond acceptors (Lipinski definition) is 6. The molecule has 0 spiro atoms. The first kappa shape index (κ1) is 17.8. The van der Waals surface area contributed by atoms with Crippen molar-refractivity contribution in [3.05, 3.63) is 94.8 Å². The zero-order valence-corrected chi connectivity index (χ0v) is 16.1. The molecule has 3 atom stereocenters. The van der Waals surface area contributed by atoms with Gasteiger partial charge in [-0.05, 0) is 36.4 Å². The predicted molar refractivity (Wildman–Crippen MR) is 114 cm³/mol. The fraction of sp³-hybridized carbons (Fsp3) is 0.217. The van der Waals surface area contributed by atoms with Crippen LogP contribution in [0.5, 0.6) is 0 Å². The molecule has 2 aliphatic heterocycles. The Morgan fingerprint density at radius 3 is 2.66 bits per heavy atom. The molecule has 0 fully saturated rings. The highest BCUT2D eigenvalue weighted by Crippen LogP contribution is 2.45. The molecule has 6 heteroatoms. The second kappa shape index (κ2) is 7.31. The summed E-state index contributed by atoms with van der Waals surface area (Å²) in [4.78, 5) is 4.62. The summed E-state index contributed by atoms with van der Waals surface area (Å²) in [5.41, 5.74) is 9.96. The van der Waals surface area contributed by atoms with Gasteiger partial charge in [0.05, 0.1) is 23.4 Å². The molecule has 146 valence electrons. The number of aromatic nitrogens is 1. The maximum atomic E-state index is 10.4. The third-order valence-electron chi connectivity index (χ3n) is 5.62. The molecule has 2 aliphatic rings. The van der Waals surface area contributed by atoms with Gasteiger partial charge in [-0.25, -0.2) is 0 Å². The number of benzene rings is 2. The van der Waals surface area contributed by atoms with E-state index in [1.54, 1.807) is 0 Å².